The standard InChI is InChI=1S/C23H38O3.C2H6/c1-15-9-12-23(14-25-3)16(13-15)5-6-17-18-7-8-20(21(24)26-4)22(18,2)11-10-19(17)23;1-2/h15-20H,5-14H2,1-4H3;1-2H3. The molecule has 28 heavy (non-hydrogen) atoms. The van der Waals surface area contributed by atoms with Crippen LogP contribution in [0.3, 0.4) is 0 Å². The summed E-state index contributed by atoms with van der Waals surface area (Å²) in [4.78, 5) is 12.4. The lowest BCUT2D eigenvalue weighted by Gasteiger charge is -2.61. The minimum Gasteiger partial charge on any atom is -0.469 e. The maximum atomic E-state index is 12.4. The molecule has 3 nitrogen and oxygen atoms in total. The van der Waals surface area contributed by atoms with Crippen LogP contribution in [-0.4, -0.2) is 26.8 Å². The summed E-state index contributed by atoms with van der Waals surface area (Å²) in [6.07, 6.45) is 11.6. The monoisotopic (exact) mass is 392 g/mol. The minimum atomic E-state index is 0.0419. The average Bonchev–Trinajstić information content (AvgIpc) is 3.06. The number of methoxy groups -OCH3 is 2. The summed E-state index contributed by atoms with van der Waals surface area (Å²) in [5.41, 5.74) is 0.576. The maximum Gasteiger partial charge on any atom is 0.309 e. The van der Waals surface area contributed by atoms with Gasteiger partial charge in [0.2, 0.25) is 0 Å². The van der Waals surface area contributed by atoms with Gasteiger partial charge in [-0.3, -0.25) is 4.79 Å². The molecule has 4 fully saturated rings. The molecule has 0 radical (unpaired) electrons. The zero-order valence-corrected chi connectivity index (χ0v) is 19.3. The number of carbonyl (C=O) groups is 1. The van der Waals surface area contributed by atoms with Crippen LogP contribution in [0, 0.1) is 46.3 Å². The summed E-state index contributed by atoms with van der Waals surface area (Å²) in [7, 11) is 3.47. The molecule has 0 aromatic carbocycles. The molecule has 4 rings (SSSR count). The van der Waals surface area contributed by atoms with Crippen LogP contribution in [0.1, 0.15) is 85.5 Å². The van der Waals surface area contributed by atoms with Crippen LogP contribution in [0.4, 0.5) is 0 Å². The topological polar surface area (TPSA) is 35.5 Å². The predicted octanol–water partition coefficient (Wildman–Crippen LogP) is 6.11. The first-order chi connectivity index (χ1) is 13.5. The number of hydrogen-bond acceptors (Lipinski definition) is 3. The Morgan fingerprint density at radius 3 is 2.39 bits per heavy atom. The van der Waals surface area contributed by atoms with Gasteiger partial charge in [-0.1, -0.05) is 34.1 Å². The highest BCUT2D eigenvalue weighted by molar-refractivity contribution is 5.73. The van der Waals surface area contributed by atoms with Gasteiger partial charge in [-0.25, -0.2) is 0 Å². The highest BCUT2D eigenvalue weighted by Gasteiger charge is 2.62. The molecule has 0 aromatic rings. The molecule has 4 saturated carbocycles. The van der Waals surface area contributed by atoms with E-state index in [0.29, 0.717) is 11.3 Å². The minimum absolute atomic E-state index is 0.0419. The largest absolute Gasteiger partial charge is 0.469 e. The van der Waals surface area contributed by atoms with Crippen molar-refractivity contribution in [3.05, 3.63) is 0 Å². The van der Waals surface area contributed by atoms with Gasteiger partial charge < -0.3 is 9.47 Å². The average molecular weight is 393 g/mol. The number of esters is 1. The number of hydrogen-bond donors (Lipinski definition) is 0. The van der Waals surface area contributed by atoms with Gasteiger partial charge in [-0.2, -0.15) is 0 Å². The van der Waals surface area contributed by atoms with Crippen LogP contribution in [0.5, 0.6) is 0 Å². The molecular weight excluding hydrogens is 348 g/mol. The van der Waals surface area contributed by atoms with Crippen LogP contribution in [-0.2, 0) is 14.3 Å². The fourth-order valence-corrected chi connectivity index (χ4v) is 8.34. The van der Waals surface area contributed by atoms with E-state index in [4.69, 9.17) is 9.47 Å². The second-order valence-electron chi connectivity index (χ2n) is 10.4. The van der Waals surface area contributed by atoms with Gasteiger partial charge in [0.1, 0.15) is 0 Å². The molecule has 0 amide bonds. The molecule has 162 valence electrons. The first-order valence-electron chi connectivity index (χ1n) is 12.0. The molecule has 4 aliphatic carbocycles. The predicted molar refractivity (Wildman–Crippen MR) is 114 cm³/mol. The van der Waals surface area contributed by atoms with Crippen molar-refractivity contribution in [2.45, 2.75) is 85.5 Å². The van der Waals surface area contributed by atoms with Gasteiger partial charge in [0.15, 0.2) is 0 Å². The van der Waals surface area contributed by atoms with Crippen molar-refractivity contribution < 1.29 is 14.3 Å². The van der Waals surface area contributed by atoms with Crippen LogP contribution in [0.2, 0.25) is 0 Å². The van der Waals surface area contributed by atoms with Gasteiger partial charge in [-0.15, -0.1) is 0 Å². The second kappa shape index (κ2) is 8.66. The second-order valence-corrected chi connectivity index (χ2v) is 10.4. The van der Waals surface area contributed by atoms with E-state index >= 15 is 0 Å². The Morgan fingerprint density at radius 2 is 1.71 bits per heavy atom. The van der Waals surface area contributed by atoms with Gasteiger partial charge >= 0.3 is 5.97 Å². The van der Waals surface area contributed by atoms with Crippen molar-refractivity contribution in [2.24, 2.45) is 46.3 Å². The number of fused-ring (bicyclic) bond motifs is 5. The molecule has 0 spiro atoms. The SMILES string of the molecule is CC.COCC12CCC(C)CC1CCC1C3CCC(C(=O)OC)C3(C)CCC12. The Bertz CT molecular complexity index is 546. The Labute approximate surface area is 173 Å². The number of rotatable bonds is 3. The molecule has 0 aliphatic heterocycles. The molecular formula is C25H44O3. The van der Waals surface area contributed by atoms with Gasteiger partial charge in [0.25, 0.3) is 0 Å². The summed E-state index contributed by atoms with van der Waals surface area (Å²) in [6.45, 7) is 9.80. The molecule has 0 heterocycles. The zero-order chi connectivity index (χ0) is 20.5. The van der Waals surface area contributed by atoms with Crippen molar-refractivity contribution >= 4 is 5.97 Å². The van der Waals surface area contributed by atoms with Crippen molar-refractivity contribution in [1.29, 1.82) is 0 Å². The maximum absolute atomic E-state index is 12.4. The molecule has 8 atom stereocenters. The molecule has 0 N–H and O–H groups in total. The highest BCUT2D eigenvalue weighted by Crippen LogP contribution is 2.67. The van der Waals surface area contributed by atoms with E-state index in [2.05, 4.69) is 13.8 Å². The van der Waals surface area contributed by atoms with E-state index in [1.165, 1.54) is 51.4 Å². The first kappa shape index (κ1) is 22.1. The fraction of sp³-hybridized carbons (Fsp3) is 0.960. The van der Waals surface area contributed by atoms with E-state index in [1.54, 1.807) is 7.11 Å². The van der Waals surface area contributed by atoms with Crippen molar-refractivity contribution in [2.75, 3.05) is 20.8 Å². The van der Waals surface area contributed by atoms with Crippen LogP contribution < -0.4 is 0 Å². The van der Waals surface area contributed by atoms with Crippen LogP contribution in [0.15, 0.2) is 0 Å². The molecule has 0 saturated heterocycles. The van der Waals surface area contributed by atoms with Gasteiger partial charge in [-0.05, 0) is 91.8 Å². The Kier molecular flexibility index (Phi) is 6.84. The van der Waals surface area contributed by atoms with E-state index in [9.17, 15) is 4.79 Å². The Balaban J connectivity index is 0.00000109. The number of carbonyl (C=O) groups excluding carboxylic acids is 1. The summed E-state index contributed by atoms with van der Waals surface area (Å²) in [5.74, 6) is 4.21. The molecule has 4 aliphatic rings. The number of ether oxygens (including phenoxy) is 2. The highest BCUT2D eigenvalue weighted by atomic mass is 16.5. The van der Waals surface area contributed by atoms with Crippen LogP contribution >= 0.6 is 0 Å². The Morgan fingerprint density at radius 1 is 0.964 bits per heavy atom. The molecule has 3 heteroatoms. The third-order valence-electron chi connectivity index (χ3n) is 9.53. The quantitative estimate of drug-likeness (QED) is 0.544. The normalized spacial score (nSPS) is 47.1. The molecule has 8 unspecified atom stereocenters. The fourth-order valence-electron chi connectivity index (χ4n) is 8.34. The van der Waals surface area contributed by atoms with Crippen LogP contribution in [0.25, 0.3) is 0 Å². The lowest BCUT2D eigenvalue weighted by molar-refractivity contribution is -0.164. The summed E-state index contributed by atoms with van der Waals surface area (Å²) < 4.78 is 11.0. The lowest BCUT2D eigenvalue weighted by atomic mass is 9.44. The third-order valence-corrected chi connectivity index (χ3v) is 9.53. The summed E-state index contributed by atoms with van der Waals surface area (Å²) in [5, 5.41) is 0. The molecule has 0 aromatic heterocycles. The lowest BCUT2D eigenvalue weighted by Crippen LogP contribution is -2.56. The van der Waals surface area contributed by atoms with Crippen molar-refractivity contribution in [3.8, 4) is 0 Å². The van der Waals surface area contributed by atoms with Crippen molar-refractivity contribution in [1.82, 2.24) is 0 Å². The van der Waals surface area contributed by atoms with Gasteiger partial charge in [0, 0.05) is 7.11 Å². The summed E-state index contributed by atoms with van der Waals surface area (Å²) in [6, 6.07) is 0. The Hall–Kier alpha value is -0.570. The van der Waals surface area contributed by atoms with E-state index in [-0.39, 0.29) is 17.3 Å². The third kappa shape index (κ3) is 3.34. The van der Waals surface area contributed by atoms with E-state index in [1.807, 2.05) is 21.0 Å². The van der Waals surface area contributed by atoms with E-state index < -0.39 is 0 Å². The van der Waals surface area contributed by atoms with E-state index in [0.717, 1.165) is 36.7 Å². The summed E-state index contributed by atoms with van der Waals surface area (Å²) >= 11 is 0. The van der Waals surface area contributed by atoms with Crippen molar-refractivity contribution in [3.63, 3.8) is 0 Å². The smallest absolute Gasteiger partial charge is 0.309 e. The molecule has 0 bridgehead atoms. The first-order valence-corrected chi connectivity index (χ1v) is 12.0. The van der Waals surface area contributed by atoms with Gasteiger partial charge in [0.05, 0.1) is 19.6 Å². The zero-order valence-electron chi connectivity index (χ0n) is 19.3.